The zero-order chi connectivity index (χ0) is 20.0. The summed E-state index contributed by atoms with van der Waals surface area (Å²) in [6.45, 7) is 0.218. The maximum Gasteiger partial charge on any atom is 0.242 e. The molecule has 0 bridgehead atoms. The molecule has 0 amide bonds. The van der Waals surface area contributed by atoms with Crippen LogP contribution in [0, 0.1) is 11.6 Å². The standard InChI is InChI=1S/C18H22F2N4O2S.HI/c1-21-18(23-12-14-10-15(19)8-9-16(14)20)22-11-13-6-4-5-7-17(13)27(25,26)24(2)3;/h4-10H,11-12H2,1-3H3,(H2,21,22,23);1H. The normalized spacial score (nSPS) is 11.9. The number of sulfonamides is 1. The molecule has 0 heterocycles. The van der Waals surface area contributed by atoms with Crippen LogP contribution in [0.25, 0.3) is 0 Å². The van der Waals surface area contributed by atoms with Gasteiger partial charge in [0.15, 0.2) is 5.96 Å². The van der Waals surface area contributed by atoms with Gasteiger partial charge in [-0.2, -0.15) is 0 Å². The first-order chi connectivity index (χ1) is 12.8. The molecule has 154 valence electrons. The average molecular weight is 524 g/mol. The number of nitrogens with one attached hydrogen (secondary N) is 2. The van der Waals surface area contributed by atoms with Crippen molar-refractivity contribution >= 4 is 40.0 Å². The molecule has 10 heteroatoms. The Kier molecular flexibility index (Phi) is 9.24. The Morgan fingerprint density at radius 2 is 1.64 bits per heavy atom. The van der Waals surface area contributed by atoms with Crippen molar-refractivity contribution in [3.63, 3.8) is 0 Å². The summed E-state index contributed by atoms with van der Waals surface area (Å²) in [5.74, 6) is -0.726. The molecule has 2 rings (SSSR count). The van der Waals surface area contributed by atoms with Crippen LogP contribution in [0.2, 0.25) is 0 Å². The average Bonchev–Trinajstić information content (AvgIpc) is 2.64. The van der Waals surface area contributed by atoms with Crippen molar-refractivity contribution < 1.29 is 17.2 Å². The minimum Gasteiger partial charge on any atom is -0.352 e. The minimum atomic E-state index is -3.59. The van der Waals surface area contributed by atoms with Crippen molar-refractivity contribution in [3.05, 3.63) is 65.2 Å². The summed E-state index contributed by atoms with van der Waals surface area (Å²) in [6.07, 6.45) is 0. The van der Waals surface area contributed by atoms with Crippen molar-refractivity contribution in [1.29, 1.82) is 0 Å². The lowest BCUT2D eigenvalue weighted by Crippen LogP contribution is -2.37. The number of halogens is 3. The molecule has 0 radical (unpaired) electrons. The van der Waals surface area contributed by atoms with Crippen LogP contribution in [0.15, 0.2) is 52.4 Å². The fourth-order valence-electron chi connectivity index (χ4n) is 2.36. The van der Waals surface area contributed by atoms with Crippen molar-refractivity contribution in [1.82, 2.24) is 14.9 Å². The molecule has 0 spiro atoms. The molecule has 0 aliphatic heterocycles. The number of rotatable bonds is 6. The molecule has 0 aliphatic rings. The van der Waals surface area contributed by atoms with E-state index in [9.17, 15) is 17.2 Å². The van der Waals surface area contributed by atoms with Crippen molar-refractivity contribution in [3.8, 4) is 0 Å². The molecule has 0 unspecified atom stereocenters. The van der Waals surface area contributed by atoms with E-state index < -0.39 is 21.7 Å². The maximum absolute atomic E-state index is 13.7. The van der Waals surface area contributed by atoms with E-state index in [-0.39, 0.29) is 47.5 Å². The molecule has 0 aromatic heterocycles. The van der Waals surface area contributed by atoms with E-state index in [1.54, 1.807) is 18.2 Å². The third kappa shape index (κ3) is 6.11. The van der Waals surface area contributed by atoms with Gasteiger partial charge in [0, 0.05) is 39.8 Å². The van der Waals surface area contributed by atoms with Gasteiger partial charge in [-0.25, -0.2) is 21.5 Å². The molecular formula is C18H23F2IN4O2S. The molecule has 0 saturated carbocycles. The third-order valence-corrected chi connectivity index (χ3v) is 5.77. The van der Waals surface area contributed by atoms with Gasteiger partial charge in [-0.1, -0.05) is 18.2 Å². The lowest BCUT2D eigenvalue weighted by molar-refractivity contribution is 0.519. The highest BCUT2D eigenvalue weighted by molar-refractivity contribution is 14.0. The lowest BCUT2D eigenvalue weighted by atomic mass is 10.2. The van der Waals surface area contributed by atoms with Crippen LogP contribution in [0.5, 0.6) is 0 Å². The van der Waals surface area contributed by atoms with Gasteiger partial charge in [0.1, 0.15) is 11.6 Å². The van der Waals surface area contributed by atoms with Gasteiger partial charge in [0.25, 0.3) is 0 Å². The van der Waals surface area contributed by atoms with Crippen LogP contribution in [-0.4, -0.2) is 39.8 Å². The Labute approximate surface area is 181 Å². The van der Waals surface area contributed by atoms with Gasteiger partial charge >= 0.3 is 0 Å². The number of benzene rings is 2. The van der Waals surface area contributed by atoms with E-state index in [4.69, 9.17) is 0 Å². The second-order valence-corrected chi connectivity index (χ2v) is 8.03. The maximum atomic E-state index is 13.7. The van der Waals surface area contributed by atoms with Crippen LogP contribution < -0.4 is 10.6 Å². The molecule has 2 aromatic rings. The summed E-state index contributed by atoms with van der Waals surface area (Å²) in [4.78, 5) is 4.20. The van der Waals surface area contributed by atoms with E-state index in [1.807, 2.05) is 0 Å². The molecule has 6 nitrogen and oxygen atoms in total. The summed E-state index contributed by atoms with van der Waals surface area (Å²) in [6, 6.07) is 9.84. The molecule has 0 fully saturated rings. The van der Waals surface area contributed by atoms with Gasteiger partial charge in [-0.05, 0) is 29.8 Å². The zero-order valence-corrected chi connectivity index (χ0v) is 18.9. The number of guanidine groups is 1. The molecule has 28 heavy (non-hydrogen) atoms. The quantitative estimate of drug-likeness (QED) is 0.347. The first-order valence-corrected chi connectivity index (χ1v) is 9.58. The van der Waals surface area contributed by atoms with Crippen LogP contribution in [0.3, 0.4) is 0 Å². The summed E-state index contributed by atoms with van der Waals surface area (Å²) < 4.78 is 52.9. The summed E-state index contributed by atoms with van der Waals surface area (Å²) in [5.41, 5.74) is 0.722. The second-order valence-electron chi connectivity index (χ2n) is 5.91. The number of nitrogens with zero attached hydrogens (tertiary/aromatic N) is 2. The van der Waals surface area contributed by atoms with E-state index in [0.29, 0.717) is 11.5 Å². The lowest BCUT2D eigenvalue weighted by Gasteiger charge is -2.17. The Morgan fingerprint density at radius 1 is 1.04 bits per heavy atom. The van der Waals surface area contributed by atoms with Gasteiger partial charge in [-0.15, -0.1) is 24.0 Å². The Bertz CT molecular complexity index is 937. The molecule has 0 saturated heterocycles. The first kappa shape index (κ1) is 24.2. The predicted molar refractivity (Wildman–Crippen MR) is 116 cm³/mol. The largest absolute Gasteiger partial charge is 0.352 e. The Balaban J connectivity index is 0.00000392. The van der Waals surface area contributed by atoms with E-state index in [0.717, 1.165) is 22.5 Å². The van der Waals surface area contributed by atoms with E-state index >= 15 is 0 Å². The number of hydrogen-bond acceptors (Lipinski definition) is 3. The minimum absolute atomic E-state index is 0. The van der Waals surface area contributed by atoms with Gasteiger partial charge in [0.2, 0.25) is 10.0 Å². The number of hydrogen-bond donors (Lipinski definition) is 2. The Morgan fingerprint density at radius 3 is 2.25 bits per heavy atom. The SMILES string of the molecule is CN=C(NCc1cc(F)ccc1F)NCc1ccccc1S(=O)(=O)N(C)C.I. The van der Waals surface area contributed by atoms with E-state index in [1.165, 1.54) is 27.2 Å². The van der Waals surface area contributed by atoms with Crippen molar-refractivity contribution in [2.45, 2.75) is 18.0 Å². The van der Waals surface area contributed by atoms with Crippen LogP contribution in [0.4, 0.5) is 8.78 Å². The van der Waals surface area contributed by atoms with Crippen molar-refractivity contribution in [2.24, 2.45) is 4.99 Å². The second kappa shape index (κ2) is 10.7. The third-order valence-electron chi connectivity index (χ3n) is 3.86. The fourth-order valence-corrected chi connectivity index (χ4v) is 3.47. The van der Waals surface area contributed by atoms with E-state index in [2.05, 4.69) is 15.6 Å². The molecular weight excluding hydrogens is 501 g/mol. The monoisotopic (exact) mass is 524 g/mol. The summed E-state index contributed by atoms with van der Waals surface area (Å²) in [5, 5.41) is 5.86. The molecule has 2 N–H and O–H groups in total. The highest BCUT2D eigenvalue weighted by Gasteiger charge is 2.20. The first-order valence-electron chi connectivity index (χ1n) is 8.14. The van der Waals surface area contributed by atoms with Gasteiger partial charge < -0.3 is 10.6 Å². The van der Waals surface area contributed by atoms with Crippen molar-refractivity contribution in [2.75, 3.05) is 21.1 Å². The number of aliphatic imine (C=N–C) groups is 1. The fraction of sp³-hybridized carbons (Fsp3) is 0.278. The molecule has 2 aromatic carbocycles. The highest BCUT2D eigenvalue weighted by atomic mass is 127. The van der Waals surface area contributed by atoms with Crippen LogP contribution >= 0.6 is 24.0 Å². The molecule has 0 aliphatic carbocycles. The zero-order valence-electron chi connectivity index (χ0n) is 15.7. The topological polar surface area (TPSA) is 73.8 Å². The van der Waals surface area contributed by atoms with Crippen LogP contribution in [-0.2, 0) is 23.1 Å². The molecule has 0 atom stereocenters. The highest BCUT2D eigenvalue weighted by Crippen LogP contribution is 2.18. The van der Waals surface area contributed by atoms with Gasteiger partial charge in [0.05, 0.1) is 4.90 Å². The summed E-state index contributed by atoms with van der Waals surface area (Å²) in [7, 11) is 0.873. The van der Waals surface area contributed by atoms with Gasteiger partial charge in [-0.3, -0.25) is 4.99 Å². The smallest absolute Gasteiger partial charge is 0.242 e. The van der Waals surface area contributed by atoms with Crippen LogP contribution in [0.1, 0.15) is 11.1 Å². The predicted octanol–water partition coefficient (Wildman–Crippen LogP) is 2.70. The Hall–Kier alpha value is -1.79. The summed E-state index contributed by atoms with van der Waals surface area (Å²) >= 11 is 0.